The summed E-state index contributed by atoms with van der Waals surface area (Å²) in [5, 5.41) is 8.63. The molecule has 0 radical (unpaired) electrons. The third kappa shape index (κ3) is 3.33. The molecule has 108 valence electrons. The van der Waals surface area contributed by atoms with E-state index in [9.17, 15) is 8.78 Å². The maximum absolute atomic E-state index is 13.5. The monoisotopic (exact) mass is 281 g/mol. The quantitative estimate of drug-likeness (QED) is 0.845. The third-order valence-corrected chi connectivity index (χ3v) is 3.38. The maximum Gasteiger partial charge on any atom is 0.184 e. The van der Waals surface area contributed by atoms with Gasteiger partial charge in [0.05, 0.1) is 13.2 Å². The van der Waals surface area contributed by atoms with Gasteiger partial charge in [0.2, 0.25) is 0 Å². The average molecular weight is 281 g/mol. The molecule has 1 fully saturated rings. The Kier molecular flexibility index (Phi) is 5.05. The van der Waals surface area contributed by atoms with Crippen molar-refractivity contribution < 1.29 is 18.3 Å². The van der Waals surface area contributed by atoms with Crippen molar-refractivity contribution in [3.8, 4) is 6.07 Å². The van der Waals surface area contributed by atoms with Gasteiger partial charge in [-0.2, -0.15) is 5.26 Å². The molecule has 0 bridgehead atoms. The van der Waals surface area contributed by atoms with Crippen LogP contribution in [0.3, 0.4) is 0 Å². The fourth-order valence-corrected chi connectivity index (χ4v) is 2.23. The number of hydrogen-bond donors (Lipinski definition) is 0. The highest BCUT2D eigenvalue weighted by atomic mass is 19.1. The lowest BCUT2D eigenvalue weighted by Crippen LogP contribution is -2.27. The molecule has 1 saturated heterocycles. The van der Waals surface area contributed by atoms with Gasteiger partial charge in [-0.1, -0.05) is 19.8 Å². The van der Waals surface area contributed by atoms with Crippen LogP contribution >= 0.6 is 0 Å². The third-order valence-electron chi connectivity index (χ3n) is 3.38. The van der Waals surface area contributed by atoms with Gasteiger partial charge in [0.25, 0.3) is 0 Å². The Hall–Kier alpha value is -1.51. The molecule has 1 aliphatic rings. The van der Waals surface area contributed by atoms with Crippen LogP contribution in [0.15, 0.2) is 12.1 Å². The lowest BCUT2D eigenvalue weighted by molar-refractivity contribution is -0.206. The first-order valence-corrected chi connectivity index (χ1v) is 6.78. The second-order valence-electron chi connectivity index (χ2n) is 4.98. The normalized spacial score (nSPS) is 22.5. The number of nitriles is 1. The SMILES string of the molecule is CCCC[C@H]1CO[C@H](c2cc(F)c(C#N)c(F)c2)OC1. The molecule has 3 nitrogen and oxygen atoms in total. The number of halogens is 2. The standard InChI is InChI=1S/C15H17F2NO2/c1-2-3-4-10-8-19-15(20-9-10)11-5-13(16)12(7-18)14(17)6-11/h5-6,10,15H,2-4,8-9H2,1H3/t10-,15-. The number of rotatable bonds is 4. The van der Waals surface area contributed by atoms with Gasteiger partial charge in [0.15, 0.2) is 6.29 Å². The predicted octanol–water partition coefficient (Wildman–Crippen LogP) is 3.69. The summed E-state index contributed by atoms with van der Waals surface area (Å²) >= 11 is 0. The highest BCUT2D eigenvalue weighted by molar-refractivity contribution is 5.35. The van der Waals surface area contributed by atoms with Crippen molar-refractivity contribution in [2.24, 2.45) is 5.92 Å². The van der Waals surface area contributed by atoms with Crippen LogP contribution in [0.2, 0.25) is 0 Å². The van der Waals surface area contributed by atoms with Gasteiger partial charge in [-0.15, -0.1) is 0 Å². The molecule has 0 aromatic heterocycles. The number of benzene rings is 1. The molecule has 5 heteroatoms. The molecule has 0 amide bonds. The van der Waals surface area contributed by atoms with Crippen LogP contribution in [0.25, 0.3) is 0 Å². The van der Waals surface area contributed by atoms with E-state index in [4.69, 9.17) is 14.7 Å². The molecule has 0 unspecified atom stereocenters. The Labute approximate surface area is 117 Å². The number of ether oxygens (including phenoxy) is 2. The van der Waals surface area contributed by atoms with Crippen molar-refractivity contribution in [3.63, 3.8) is 0 Å². The zero-order valence-corrected chi connectivity index (χ0v) is 11.4. The first-order valence-electron chi connectivity index (χ1n) is 6.78. The van der Waals surface area contributed by atoms with E-state index in [2.05, 4.69) is 6.92 Å². The minimum atomic E-state index is -0.886. The van der Waals surface area contributed by atoms with E-state index in [1.54, 1.807) is 0 Å². The largest absolute Gasteiger partial charge is 0.348 e. The van der Waals surface area contributed by atoms with Gasteiger partial charge in [-0.3, -0.25) is 0 Å². The lowest BCUT2D eigenvalue weighted by Gasteiger charge is -2.29. The molecule has 1 aliphatic heterocycles. The van der Waals surface area contributed by atoms with E-state index in [1.165, 1.54) is 6.07 Å². The lowest BCUT2D eigenvalue weighted by atomic mass is 10.0. The summed E-state index contributed by atoms with van der Waals surface area (Å²) in [6.45, 7) is 3.16. The van der Waals surface area contributed by atoms with Crippen molar-refractivity contribution in [3.05, 3.63) is 34.9 Å². The average Bonchev–Trinajstić information content (AvgIpc) is 2.45. The van der Waals surface area contributed by atoms with Crippen LogP contribution in [0, 0.1) is 28.9 Å². The zero-order chi connectivity index (χ0) is 14.5. The Morgan fingerprint density at radius 3 is 2.35 bits per heavy atom. The number of unbranched alkanes of at least 4 members (excludes halogenated alkanes) is 1. The van der Waals surface area contributed by atoms with Crippen LogP contribution in [0.1, 0.15) is 43.6 Å². The molecule has 0 N–H and O–H groups in total. The van der Waals surface area contributed by atoms with Crippen molar-refractivity contribution >= 4 is 0 Å². The van der Waals surface area contributed by atoms with Crippen molar-refractivity contribution in [2.45, 2.75) is 32.5 Å². The van der Waals surface area contributed by atoms with E-state index in [0.29, 0.717) is 19.1 Å². The molecule has 1 aromatic carbocycles. The van der Waals surface area contributed by atoms with Crippen LogP contribution in [0.5, 0.6) is 0 Å². The summed E-state index contributed by atoms with van der Waals surface area (Å²) in [7, 11) is 0. The molecular weight excluding hydrogens is 264 g/mol. The Bertz CT molecular complexity index is 482. The van der Waals surface area contributed by atoms with Gasteiger partial charge in [0.1, 0.15) is 23.3 Å². The van der Waals surface area contributed by atoms with E-state index < -0.39 is 23.5 Å². The van der Waals surface area contributed by atoms with Crippen molar-refractivity contribution in [1.29, 1.82) is 5.26 Å². The van der Waals surface area contributed by atoms with E-state index in [-0.39, 0.29) is 5.56 Å². The van der Waals surface area contributed by atoms with Crippen LogP contribution in [-0.4, -0.2) is 13.2 Å². The minimum absolute atomic E-state index is 0.271. The number of nitrogens with zero attached hydrogens (tertiary/aromatic N) is 1. The fourth-order valence-electron chi connectivity index (χ4n) is 2.23. The molecule has 0 atom stereocenters. The molecule has 0 spiro atoms. The molecule has 0 aliphatic carbocycles. The Balaban J connectivity index is 2.02. The van der Waals surface area contributed by atoms with Crippen LogP contribution in [-0.2, 0) is 9.47 Å². The topological polar surface area (TPSA) is 42.2 Å². The van der Waals surface area contributed by atoms with E-state index in [0.717, 1.165) is 31.4 Å². The highest BCUT2D eigenvalue weighted by Crippen LogP contribution is 2.29. The number of hydrogen-bond acceptors (Lipinski definition) is 3. The molecule has 1 aromatic rings. The molecule has 2 rings (SSSR count). The first kappa shape index (κ1) is 14.9. The molecular formula is C15H17F2NO2. The smallest absolute Gasteiger partial charge is 0.184 e. The second kappa shape index (κ2) is 6.78. The van der Waals surface area contributed by atoms with Gasteiger partial charge < -0.3 is 9.47 Å². The summed E-state index contributed by atoms with van der Waals surface area (Å²) in [6.07, 6.45) is 2.50. The molecule has 0 saturated carbocycles. The summed E-state index contributed by atoms with van der Waals surface area (Å²) in [5.41, 5.74) is -0.307. The van der Waals surface area contributed by atoms with Gasteiger partial charge in [0, 0.05) is 11.5 Å². The second-order valence-corrected chi connectivity index (χ2v) is 4.98. The summed E-state index contributed by atoms with van der Waals surface area (Å²) < 4.78 is 38.1. The summed E-state index contributed by atoms with van der Waals surface area (Å²) in [5.74, 6) is -1.44. The van der Waals surface area contributed by atoms with Crippen LogP contribution < -0.4 is 0 Å². The van der Waals surface area contributed by atoms with Gasteiger partial charge >= 0.3 is 0 Å². The van der Waals surface area contributed by atoms with Crippen molar-refractivity contribution in [2.75, 3.05) is 13.2 Å². The Morgan fingerprint density at radius 1 is 1.25 bits per heavy atom. The van der Waals surface area contributed by atoms with Gasteiger partial charge in [-0.25, -0.2) is 8.78 Å². The first-order chi connectivity index (χ1) is 9.65. The highest BCUT2D eigenvalue weighted by Gasteiger charge is 2.25. The fraction of sp³-hybridized carbons (Fsp3) is 0.533. The van der Waals surface area contributed by atoms with E-state index in [1.807, 2.05) is 0 Å². The maximum atomic E-state index is 13.5. The summed E-state index contributed by atoms with van der Waals surface area (Å²) in [6, 6.07) is 3.68. The molecule has 20 heavy (non-hydrogen) atoms. The van der Waals surface area contributed by atoms with Gasteiger partial charge in [-0.05, 0) is 18.6 Å². The van der Waals surface area contributed by atoms with Crippen molar-refractivity contribution in [1.82, 2.24) is 0 Å². The summed E-state index contributed by atoms with van der Waals surface area (Å²) in [4.78, 5) is 0. The predicted molar refractivity (Wildman–Crippen MR) is 68.7 cm³/mol. The zero-order valence-electron chi connectivity index (χ0n) is 11.4. The van der Waals surface area contributed by atoms with E-state index >= 15 is 0 Å². The van der Waals surface area contributed by atoms with Crippen LogP contribution in [0.4, 0.5) is 8.78 Å². The Morgan fingerprint density at radius 2 is 1.85 bits per heavy atom. The molecule has 1 heterocycles. The minimum Gasteiger partial charge on any atom is -0.348 e.